The van der Waals surface area contributed by atoms with E-state index in [0.29, 0.717) is 32.1 Å². The third kappa shape index (κ3) is 6.88. The van der Waals surface area contributed by atoms with Crippen LogP contribution >= 0.6 is 0 Å². The second kappa shape index (κ2) is 10.3. The average Bonchev–Trinajstić information content (AvgIpc) is 2.53. The number of benzene rings is 1. The van der Waals surface area contributed by atoms with Gasteiger partial charge in [-0.2, -0.15) is 0 Å². The predicted octanol–water partition coefficient (Wildman–Crippen LogP) is 1.72. The summed E-state index contributed by atoms with van der Waals surface area (Å²) in [6.45, 7) is 10.3. The van der Waals surface area contributed by atoms with Gasteiger partial charge in [-0.1, -0.05) is 43.7 Å². The Hall–Kier alpha value is -1.60. The molecule has 6 nitrogen and oxygen atoms in total. The topological polar surface area (TPSA) is 73.8 Å². The van der Waals surface area contributed by atoms with Crippen molar-refractivity contribution in [3.05, 3.63) is 35.4 Å². The molecule has 0 saturated carbocycles. The molecule has 1 rings (SSSR count). The molecule has 0 aromatic heterocycles. The van der Waals surface area contributed by atoms with Gasteiger partial charge in [0.25, 0.3) is 0 Å². The fraction of sp³-hybridized carbons (Fsp3) is 0.588. The predicted molar refractivity (Wildman–Crippen MR) is 101 cm³/mol. The summed E-state index contributed by atoms with van der Waals surface area (Å²) in [6.07, 6.45) is 0. The van der Waals surface area contributed by atoms with Crippen molar-refractivity contribution in [3.63, 3.8) is 0 Å². The first-order chi connectivity index (χ1) is 11.4. The van der Waals surface area contributed by atoms with Crippen LogP contribution in [0.4, 0.5) is 0 Å². The number of aliphatic imine (C=N–C) groups is 1. The smallest absolute Gasteiger partial charge is 0.215 e. The molecular weight excluding hydrogens is 324 g/mol. The normalized spacial score (nSPS) is 12.5. The van der Waals surface area contributed by atoms with Gasteiger partial charge in [-0.3, -0.25) is 0 Å². The van der Waals surface area contributed by atoms with Crippen LogP contribution in [0, 0.1) is 6.92 Å². The molecule has 0 aliphatic carbocycles. The maximum absolute atomic E-state index is 12.2. The highest BCUT2D eigenvalue weighted by Gasteiger charge is 2.18. The van der Waals surface area contributed by atoms with Gasteiger partial charge in [0.1, 0.15) is 0 Å². The second-order valence-corrected chi connectivity index (χ2v) is 7.60. The van der Waals surface area contributed by atoms with Crippen molar-refractivity contribution >= 4 is 16.0 Å². The first kappa shape index (κ1) is 20.4. The van der Waals surface area contributed by atoms with Gasteiger partial charge in [0, 0.05) is 26.2 Å². The maximum atomic E-state index is 12.2. The fourth-order valence-electron chi connectivity index (χ4n) is 2.37. The molecule has 0 radical (unpaired) electrons. The highest BCUT2D eigenvalue weighted by atomic mass is 32.2. The summed E-state index contributed by atoms with van der Waals surface area (Å²) in [5.74, 6) is 0.692. The standard InChI is InChI=1S/C17H30N4O2S/c1-5-18-17(20-14-16-10-8-9-15(4)13-16)19-11-12-24(22,23)21(6-2)7-3/h8-10,13H,5-7,11-12,14H2,1-4H3,(H2,18,19,20). The van der Waals surface area contributed by atoms with Gasteiger partial charge in [-0.05, 0) is 19.4 Å². The minimum atomic E-state index is -3.22. The van der Waals surface area contributed by atoms with E-state index in [0.717, 1.165) is 12.1 Å². The molecule has 0 aliphatic rings. The molecule has 0 spiro atoms. The van der Waals surface area contributed by atoms with Crippen LogP contribution in [0.3, 0.4) is 0 Å². The lowest BCUT2D eigenvalue weighted by molar-refractivity contribution is 0.445. The molecule has 2 N–H and O–H groups in total. The van der Waals surface area contributed by atoms with Gasteiger partial charge in [-0.25, -0.2) is 17.7 Å². The van der Waals surface area contributed by atoms with E-state index >= 15 is 0 Å². The van der Waals surface area contributed by atoms with Crippen molar-refractivity contribution in [3.8, 4) is 0 Å². The van der Waals surface area contributed by atoms with E-state index in [-0.39, 0.29) is 5.75 Å². The summed E-state index contributed by atoms with van der Waals surface area (Å²) >= 11 is 0. The molecule has 0 atom stereocenters. The lowest BCUT2D eigenvalue weighted by Crippen LogP contribution is -2.42. The van der Waals surface area contributed by atoms with E-state index in [1.807, 2.05) is 32.9 Å². The molecule has 0 amide bonds. The molecule has 0 bridgehead atoms. The summed E-state index contributed by atoms with van der Waals surface area (Å²) in [5, 5.41) is 6.24. The van der Waals surface area contributed by atoms with E-state index < -0.39 is 10.0 Å². The number of hydrogen-bond donors (Lipinski definition) is 2. The van der Waals surface area contributed by atoms with Crippen molar-refractivity contribution in [1.82, 2.24) is 14.9 Å². The highest BCUT2D eigenvalue weighted by molar-refractivity contribution is 7.89. The molecule has 24 heavy (non-hydrogen) atoms. The molecule has 0 aliphatic heterocycles. The van der Waals surface area contributed by atoms with Crippen molar-refractivity contribution in [1.29, 1.82) is 0 Å². The number of guanidine groups is 1. The molecule has 0 fully saturated rings. The molecule has 1 aromatic carbocycles. The van der Waals surface area contributed by atoms with Gasteiger partial charge in [0.2, 0.25) is 10.0 Å². The minimum Gasteiger partial charge on any atom is -0.357 e. The highest BCUT2D eigenvalue weighted by Crippen LogP contribution is 2.05. The summed E-state index contributed by atoms with van der Waals surface area (Å²) in [7, 11) is -3.22. The zero-order valence-electron chi connectivity index (χ0n) is 15.2. The van der Waals surface area contributed by atoms with Crippen LogP contribution in [0.25, 0.3) is 0 Å². The Morgan fingerprint density at radius 3 is 2.46 bits per heavy atom. The molecule has 7 heteroatoms. The summed E-state index contributed by atoms with van der Waals surface area (Å²) < 4.78 is 25.8. The number of hydrogen-bond acceptors (Lipinski definition) is 3. The maximum Gasteiger partial charge on any atom is 0.215 e. The largest absolute Gasteiger partial charge is 0.357 e. The second-order valence-electron chi connectivity index (χ2n) is 5.51. The summed E-state index contributed by atoms with van der Waals surface area (Å²) in [5.41, 5.74) is 2.33. The van der Waals surface area contributed by atoms with E-state index in [4.69, 9.17) is 0 Å². The Kier molecular flexibility index (Phi) is 8.78. The number of sulfonamides is 1. The van der Waals surface area contributed by atoms with Crippen LogP contribution in [0.5, 0.6) is 0 Å². The lowest BCUT2D eigenvalue weighted by atomic mass is 10.1. The third-order valence-corrected chi connectivity index (χ3v) is 5.62. The van der Waals surface area contributed by atoms with E-state index in [2.05, 4.69) is 34.7 Å². The summed E-state index contributed by atoms with van der Waals surface area (Å²) in [6, 6.07) is 8.19. The molecule has 0 unspecified atom stereocenters. The Balaban J connectivity index is 2.61. The van der Waals surface area contributed by atoms with Gasteiger partial charge >= 0.3 is 0 Å². The van der Waals surface area contributed by atoms with E-state index in [9.17, 15) is 8.42 Å². The molecule has 136 valence electrons. The van der Waals surface area contributed by atoms with Gasteiger partial charge in [-0.15, -0.1) is 0 Å². The minimum absolute atomic E-state index is 0.0591. The van der Waals surface area contributed by atoms with Gasteiger partial charge in [0.05, 0.1) is 12.3 Å². The molecule has 0 heterocycles. The van der Waals surface area contributed by atoms with E-state index in [1.54, 1.807) is 0 Å². The average molecular weight is 355 g/mol. The van der Waals surface area contributed by atoms with Crippen LogP contribution in [-0.2, 0) is 16.6 Å². The Morgan fingerprint density at radius 1 is 1.17 bits per heavy atom. The quantitative estimate of drug-likeness (QED) is 0.523. The first-order valence-electron chi connectivity index (χ1n) is 8.48. The number of nitrogens with zero attached hydrogens (tertiary/aromatic N) is 2. The number of nitrogens with one attached hydrogen (secondary N) is 2. The lowest BCUT2D eigenvalue weighted by Gasteiger charge is -2.19. The molecule has 0 saturated heterocycles. The Bertz CT molecular complexity index is 625. The SMILES string of the molecule is CCNC(=NCc1cccc(C)c1)NCCS(=O)(=O)N(CC)CC. The third-order valence-electron chi connectivity index (χ3n) is 3.60. The number of aryl methyl sites for hydroxylation is 1. The van der Waals surface area contributed by atoms with Gasteiger partial charge < -0.3 is 10.6 Å². The summed E-state index contributed by atoms with van der Waals surface area (Å²) in [4.78, 5) is 4.52. The zero-order chi connectivity index (χ0) is 18.0. The Labute approximate surface area is 146 Å². The van der Waals surface area contributed by atoms with Gasteiger partial charge in [0.15, 0.2) is 5.96 Å². The van der Waals surface area contributed by atoms with E-state index in [1.165, 1.54) is 9.87 Å². The van der Waals surface area contributed by atoms with Crippen LogP contribution in [0.2, 0.25) is 0 Å². The Morgan fingerprint density at radius 2 is 1.88 bits per heavy atom. The van der Waals surface area contributed by atoms with Crippen molar-refractivity contribution < 1.29 is 8.42 Å². The van der Waals surface area contributed by atoms with Crippen LogP contribution in [0.15, 0.2) is 29.3 Å². The first-order valence-corrected chi connectivity index (χ1v) is 10.1. The van der Waals surface area contributed by atoms with Crippen molar-refractivity contribution in [2.45, 2.75) is 34.2 Å². The van der Waals surface area contributed by atoms with Crippen molar-refractivity contribution in [2.75, 3.05) is 31.9 Å². The number of rotatable bonds is 9. The molecule has 1 aromatic rings. The van der Waals surface area contributed by atoms with Crippen LogP contribution < -0.4 is 10.6 Å². The fourth-order valence-corrected chi connectivity index (χ4v) is 3.77. The zero-order valence-corrected chi connectivity index (χ0v) is 16.0. The van der Waals surface area contributed by atoms with Crippen molar-refractivity contribution in [2.24, 2.45) is 4.99 Å². The monoisotopic (exact) mass is 354 g/mol. The van der Waals surface area contributed by atoms with Crippen LogP contribution in [0.1, 0.15) is 31.9 Å². The van der Waals surface area contributed by atoms with Crippen LogP contribution in [-0.4, -0.2) is 50.6 Å². The molecular formula is C17H30N4O2S.